The molecule has 0 saturated carbocycles. The third-order valence-corrected chi connectivity index (χ3v) is 3.13. The molecular weight excluding hydrogens is 162 g/mol. The normalized spacial score (nSPS) is 27.4. The van der Waals surface area contributed by atoms with Crippen LogP contribution in [0.3, 0.4) is 0 Å². The van der Waals surface area contributed by atoms with Gasteiger partial charge < -0.3 is 10.2 Å². The third-order valence-electron chi connectivity index (χ3n) is 3.13. The summed E-state index contributed by atoms with van der Waals surface area (Å²) in [7, 11) is 0. The minimum Gasteiger partial charge on any atom is -0.316 e. The standard InChI is InChI=1S/C10H17N3/c1-10(6-11)7-13(8-10)3-2-9-4-12-5-9/h9,12H,2-5,7-8H2,1H3. The van der Waals surface area contributed by atoms with Gasteiger partial charge in [-0.2, -0.15) is 5.26 Å². The fourth-order valence-corrected chi connectivity index (χ4v) is 2.09. The van der Waals surface area contributed by atoms with Gasteiger partial charge in [-0.1, -0.05) is 0 Å². The summed E-state index contributed by atoms with van der Waals surface area (Å²) >= 11 is 0. The maximum atomic E-state index is 8.81. The average molecular weight is 179 g/mol. The molecule has 0 spiro atoms. The van der Waals surface area contributed by atoms with Crippen LogP contribution in [0.15, 0.2) is 0 Å². The van der Waals surface area contributed by atoms with Gasteiger partial charge in [0.1, 0.15) is 0 Å². The molecule has 3 nitrogen and oxygen atoms in total. The van der Waals surface area contributed by atoms with Crippen molar-refractivity contribution in [2.45, 2.75) is 13.3 Å². The van der Waals surface area contributed by atoms with Crippen molar-refractivity contribution in [3.05, 3.63) is 0 Å². The van der Waals surface area contributed by atoms with Gasteiger partial charge in [-0.15, -0.1) is 0 Å². The molecule has 0 aromatic rings. The summed E-state index contributed by atoms with van der Waals surface area (Å²) in [6, 6.07) is 2.37. The second-order valence-electron chi connectivity index (χ2n) is 4.70. The molecule has 0 bridgehead atoms. The number of nitrogens with zero attached hydrogens (tertiary/aromatic N) is 2. The fourth-order valence-electron chi connectivity index (χ4n) is 2.09. The van der Waals surface area contributed by atoms with Crippen LogP contribution >= 0.6 is 0 Å². The van der Waals surface area contributed by atoms with Crippen molar-refractivity contribution >= 4 is 0 Å². The molecule has 1 N–H and O–H groups in total. The van der Waals surface area contributed by atoms with E-state index in [1.165, 1.54) is 26.1 Å². The molecule has 72 valence electrons. The molecule has 0 aromatic carbocycles. The summed E-state index contributed by atoms with van der Waals surface area (Å²) in [5, 5.41) is 12.1. The lowest BCUT2D eigenvalue weighted by Crippen LogP contribution is -2.55. The molecule has 13 heavy (non-hydrogen) atoms. The zero-order valence-corrected chi connectivity index (χ0v) is 8.21. The first-order chi connectivity index (χ1) is 6.22. The summed E-state index contributed by atoms with van der Waals surface area (Å²) in [5.74, 6) is 0.897. The first-order valence-electron chi connectivity index (χ1n) is 5.06. The van der Waals surface area contributed by atoms with Crippen LogP contribution in [0.1, 0.15) is 13.3 Å². The highest BCUT2D eigenvalue weighted by molar-refractivity contribution is 5.06. The summed E-state index contributed by atoms with van der Waals surface area (Å²) in [4.78, 5) is 2.39. The number of hydrogen-bond acceptors (Lipinski definition) is 3. The van der Waals surface area contributed by atoms with Crippen molar-refractivity contribution in [3.8, 4) is 6.07 Å². The lowest BCUT2D eigenvalue weighted by atomic mass is 9.83. The van der Waals surface area contributed by atoms with E-state index in [1.54, 1.807) is 0 Å². The molecule has 0 aliphatic carbocycles. The Morgan fingerprint density at radius 3 is 2.69 bits per heavy atom. The van der Waals surface area contributed by atoms with Crippen molar-refractivity contribution < 1.29 is 0 Å². The lowest BCUT2D eigenvalue weighted by molar-refractivity contribution is 0.0521. The number of rotatable bonds is 3. The topological polar surface area (TPSA) is 39.1 Å². The second kappa shape index (κ2) is 3.28. The number of hydrogen-bond donors (Lipinski definition) is 1. The van der Waals surface area contributed by atoms with Crippen molar-refractivity contribution in [1.29, 1.82) is 5.26 Å². The van der Waals surface area contributed by atoms with E-state index in [-0.39, 0.29) is 5.41 Å². The summed E-state index contributed by atoms with van der Waals surface area (Å²) in [6.45, 7) is 7.58. The Kier molecular flexibility index (Phi) is 2.27. The molecule has 2 heterocycles. The first kappa shape index (κ1) is 8.98. The van der Waals surface area contributed by atoms with Gasteiger partial charge in [-0.05, 0) is 38.9 Å². The Morgan fingerprint density at radius 2 is 2.23 bits per heavy atom. The molecular formula is C10H17N3. The lowest BCUT2D eigenvalue weighted by Gasteiger charge is -2.44. The van der Waals surface area contributed by atoms with E-state index in [4.69, 9.17) is 5.26 Å². The van der Waals surface area contributed by atoms with Gasteiger partial charge in [0, 0.05) is 13.1 Å². The highest BCUT2D eigenvalue weighted by Crippen LogP contribution is 2.29. The second-order valence-corrected chi connectivity index (χ2v) is 4.70. The number of likely N-dealkylation sites (tertiary alicyclic amines) is 1. The summed E-state index contributed by atoms with van der Waals surface area (Å²) in [5.41, 5.74) is -0.0438. The maximum Gasteiger partial charge on any atom is 0.0799 e. The van der Waals surface area contributed by atoms with Crippen LogP contribution in [0.2, 0.25) is 0 Å². The van der Waals surface area contributed by atoms with Gasteiger partial charge in [0.05, 0.1) is 11.5 Å². The minimum absolute atomic E-state index is 0.0438. The van der Waals surface area contributed by atoms with E-state index in [0.717, 1.165) is 19.0 Å². The molecule has 0 aromatic heterocycles. The molecule has 0 atom stereocenters. The molecule has 2 aliphatic heterocycles. The SMILES string of the molecule is CC1(C#N)CN(CCC2CNC2)C1. The summed E-state index contributed by atoms with van der Waals surface area (Å²) < 4.78 is 0. The van der Waals surface area contributed by atoms with Crippen LogP contribution < -0.4 is 5.32 Å². The maximum absolute atomic E-state index is 8.81. The molecule has 3 heteroatoms. The molecule has 0 unspecified atom stereocenters. The molecule has 2 aliphatic rings. The van der Waals surface area contributed by atoms with Gasteiger partial charge in [-0.25, -0.2) is 0 Å². The first-order valence-corrected chi connectivity index (χ1v) is 5.06. The largest absolute Gasteiger partial charge is 0.316 e. The Hall–Kier alpha value is -0.590. The summed E-state index contributed by atoms with van der Waals surface area (Å²) in [6.07, 6.45) is 1.30. The number of nitriles is 1. The highest BCUT2D eigenvalue weighted by Gasteiger charge is 2.38. The van der Waals surface area contributed by atoms with Gasteiger partial charge in [0.25, 0.3) is 0 Å². The Morgan fingerprint density at radius 1 is 1.54 bits per heavy atom. The van der Waals surface area contributed by atoms with Gasteiger partial charge >= 0.3 is 0 Å². The van der Waals surface area contributed by atoms with Gasteiger partial charge in [0.2, 0.25) is 0 Å². The zero-order chi connectivity index (χ0) is 9.31. The monoisotopic (exact) mass is 179 g/mol. The molecule has 2 fully saturated rings. The zero-order valence-electron chi connectivity index (χ0n) is 8.21. The van der Waals surface area contributed by atoms with Crippen LogP contribution in [0.25, 0.3) is 0 Å². The average Bonchev–Trinajstić information content (AvgIpc) is 1.98. The Labute approximate surface area is 79.7 Å². The molecule has 0 amide bonds. The van der Waals surface area contributed by atoms with E-state index < -0.39 is 0 Å². The smallest absolute Gasteiger partial charge is 0.0799 e. The predicted octanol–water partition coefficient (Wildman–Crippen LogP) is 0.441. The molecule has 0 radical (unpaired) electrons. The molecule has 2 rings (SSSR count). The van der Waals surface area contributed by atoms with Crippen molar-refractivity contribution in [3.63, 3.8) is 0 Å². The predicted molar refractivity (Wildman–Crippen MR) is 51.1 cm³/mol. The molecule has 2 saturated heterocycles. The van der Waals surface area contributed by atoms with Crippen LogP contribution in [0.4, 0.5) is 0 Å². The van der Waals surface area contributed by atoms with Gasteiger partial charge in [0.15, 0.2) is 0 Å². The van der Waals surface area contributed by atoms with E-state index in [9.17, 15) is 0 Å². The van der Waals surface area contributed by atoms with Crippen LogP contribution in [0.5, 0.6) is 0 Å². The number of nitrogens with one attached hydrogen (secondary N) is 1. The quantitative estimate of drug-likeness (QED) is 0.683. The fraction of sp³-hybridized carbons (Fsp3) is 0.900. The van der Waals surface area contributed by atoms with E-state index >= 15 is 0 Å². The minimum atomic E-state index is -0.0438. The van der Waals surface area contributed by atoms with Crippen LogP contribution in [-0.2, 0) is 0 Å². The van der Waals surface area contributed by atoms with Crippen molar-refractivity contribution in [2.24, 2.45) is 11.3 Å². The van der Waals surface area contributed by atoms with Gasteiger partial charge in [-0.3, -0.25) is 0 Å². The Bertz CT molecular complexity index is 221. The van der Waals surface area contributed by atoms with E-state index in [0.29, 0.717) is 0 Å². The van der Waals surface area contributed by atoms with E-state index in [2.05, 4.69) is 23.2 Å². The Balaban J connectivity index is 1.61. The highest BCUT2D eigenvalue weighted by atomic mass is 15.2. The van der Waals surface area contributed by atoms with Crippen molar-refractivity contribution in [2.75, 3.05) is 32.7 Å². The van der Waals surface area contributed by atoms with Crippen molar-refractivity contribution in [1.82, 2.24) is 10.2 Å². The third kappa shape index (κ3) is 1.84. The van der Waals surface area contributed by atoms with Crippen LogP contribution in [0, 0.1) is 22.7 Å². The van der Waals surface area contributed by atoms with Crippen LogP contribution in [-0.4, -0.2) is 37.6 Å². The van der Waals surface area contributed by atoms with E-state index in [1.807, 2.05) is 0 Å².